The van der Waals surface area contributed by atoms with E-state index in [4.69, 9.17) is 9.47 Å². The molecule has 0 aromatic rings. The lowest BCUT2D eigenvalue weighted by Crippen LogP contribution is -2.54. The van der Waals surface area contributed by atoms with Gasteiger partial charge in [0.15, 0.2) is 0 Å². The molecule has 2 aliphatic rings. The van der Waals surface area contributed by atoms with Gasteiger partial charge in [-0.05, 0) is 40.2 Å². The first-order chi connectivity index (χ1) is 7.44. The van der Waals surface area contributed by atoms with Crippen LogP contribution < -0.4 is 5.32 Å². The van der Waals surface area contributed by atoms with Crippen molar-refractivity contribution in [3.63, 3.8) is 0 Å². The molecule has 1 N–H and O–H groups in total. The number of esters is 1. The highest BCUT2D eigenvalue weighted by atomic mass is 16.6. The fraction of sp³-hybridized carbons (Fsp3) is 0.917. The van der Waals surface area contributed by atoms with Crippen molar-refractivity contribution < 1.29 is 14.3 Å². The van der Waals surface area contributed by atoms with Crippen LogP contribution in [0.4, 0.5) is 0 Å². The Morgan fingerprint density at radius 2 is 2.25 bits per heavy atom. The Morgan fingerprint density at radius 3 is 2.94 bits per heavy atom. The molecule has 0 radical (unpaired) electrons. The maximum absolute atomic E-state index is 12.3. The molecule has 2 saturated heterocycles. The van der Waals surface area contributed by atoms with Crippen molar-refractivity contribution in [1.82, 2.24) is 5.32 Å². The molecule has 16 heavy (non-hydrogen) atoms. The smallest absolute Gasteiger partial charge is 0.316 e. The molecule has 92 valence electrons. The van der Waals surface area contributed by atoms with Crippen LogP contribution in [0.15, 0.2) is 0 Å². The van der Waals surface area contributed by atoms with Crippen molar-refractivity contribution in [1.29, 1.82) is 0 Å². The van der Waals surface area contributed by atoms with Gasteiger partial charge in [0, 0.05) is 6.04 Å². The van der Waals surface area contributed by atoms with Crippen molar-refractivity contribution in [2.24, 2.45) is 5.41 Å². The van der Waals surface area contributed by atoms with Gasteiger partial charge in [-0.15, -0.1) is 0 Å². The van der Waals surface area contributed by atoms with E-state index >= 15 is 0 Å². The van der Waals surface area contributed by atoms with Crippen LogP contribution in [-0.4, -0.2) is 37.4 Å². The van der Waals surface area contributed by atoms with Crippen molar-refractivity contribution in [3.8, 4) is 0 Å². The Hall–Kier alpha value is -0.610. The number of piperidine rings is 1. The van der Waals surface area contributed by atoms with E-state index in [0.717, 1.165) is 19.4 Å². The first-order valence-corrected chi connectivity index (χ1v) is 5.99. The van der Waals surface area contributed by atoms with Crippen molar-refractivity contribution in [2.75, 3.05) is 19.8 Å². The monoisotopic (exact) mass is 227 g/mol. The molecule has 0 spiro atoms. The quantitative estimate of drug-likeness (QED) is 0.681. The Kier molecular flexibility index (Phi) is 2.97. The summed E-state index contributed by atoms with van der Waals surface area (Å²) in [6.07, 6.45) is 1.89. The van der Waals surface area contributed by atoms with Gasteiger partial charge in [-0.25, -0.2) is 0 Å². The molecule has 0 aliphatic carbocycles. The largest absolute Gasteiger partial charge is 0.459 e. The maximum Gasteiger partial charge on any atom is 0.316 e. The number of rotatable bonds is 1. The van der Waals surface area contributed by atoms with Gasteiger partial charge in [-0.1, -0.05) is 0 Å². The summed E-state index contributed by atoms with van der Waals surface area (Å²) in [5.41, 5.74) is -0.859. The van der Waals surface area contributed by atoms with Gasteiger partial charge in [-0.2, -0.15) is 0 Å². The van der Waals surface area contributed by atoms with E-state index in [-0.39, 0.29) is 12.0 Å². The molecule has 2 rings (SSSR count). The van der Waals surface area contributed by atoms with Crippen LogP contribution in [0, 0.1) is 5.41 Å². The van der Waals surface area contributed by atoms with Crippen LogP contribution in [0.5, 0.6) is 0 Å². The molecule has 0 bridgehead atoms. The zero-order valence-corrected chi connectivity index (χ0v) is 10.3. The highest BCUT2D eigenvalue weighted by Gasteiger charge is 2.53. The lowest BCUT2D eigenvalue weighted by atomic mass is 9.76. The zero-order valence-electron chi connectivity index (χ0n) is 10.3. The minimum atomic E-state index is -0.439. The third-order valence-corrected chi connectivity index (χ3v) is 3.31. The fourth-order valence-corrected chi connectivity index (χ4v) is 2.48. The Labute approximate surface area is 96.7 Å². The van der Waals surface area contributed by atoms with E-state index in [9.17, 15) is 4.79 Å². The highest BCUT2D eigenvalue weighted by molar-refractivity contribution is 5.79. The summed E-state index contributed by atoms with van der Waals surface area (Å²) in [5.74, 6) is -0.102. The van der Waals surface area contributed by atoms with Gasteiger partial charge in [0.25, 0.3) is 0 Å². The standard InChI is InChI=1S/C12H21NO3/c1-11(2,3)16-10(14)12-5-4-6-13-9(12)7-15-8-12/h9,13H,4-8H2,1-3H3/t9-,12-/m1/s1. The number of nitrogens with one attached hydrogen (secondary N) is 1. The van der Waals surface area contributed by atoms with Crippen LogP contribution in [0.2, 0.25) is 0 Å². The summed E-state index contributed by atoms with van der Waals surface area (Å²) in [6.45, 7) is 7.81. The van der Waals surface area contributed by atoms with E-state index in [1.807, 2.05) is 20.8 Å². The highest BCUT2D eigenvalue weighted by Crippen LogP contribution is 2.38. The molecule has 4 heteroatoms. The second-order valence-corrected chi connectivity index (χ2v) is 5.78. The second-order valence-electron chi connectivity index (χ2n) is 5.78. The summed E-state index contributed by atoms with van der Waals surface area (Å²) in [6, 6.07) is 0.135. The molecule has 0 aromatic carbocycles. The minimum Gasteiger partial charge on any atom is -0.459 e. The molecule has 2 aliphatic heterocycles. The molecule has 2 heterocycles. The lowest BCUT2D eigenvalue weighted by Gasteiger charge is -2.37. The Bertz CT molecular complexity index is 284. The average Bonchev–Trinajstić information content (AvgIpc) is 2.59. The molecule has 2 fully saturated rings. The van der Waals surface area contributed by atoms with Gasteiger partial charge in [0.2, 0.25) is 0 Å². The first kappa shape index (κ1) is 11.9. The van der Waals surface area contributed by atoms with Crippen LogP contribution in [0.1, 0.15) is 33.6 Å². The van der Waals surface area contributed by atoms with Crippen LogP contribution >= 0.6 is 0 Å². The number of carbonyl (C=O) groups is 1. The van der Waals surface area contributed by atoms with Gasteiger partial charge in [0.1, 0.15) is 11.0 Å². The number of hydrogen-bond donors (Lipinski definition) is 1. The third kappa shape index (κ3) is 2.09. The molecular formula is C12H21NO3. The predicted octanol–water partition coefficient (Wildman–Crippen LogP) is 1.10. The fourth-order valence-electron chi connectivity index (χ4n) is 2.48. The summed E-state index contributed by atoms with van der Waals surface area (Å²) >= 11 is 0. The lowest BCUT2D eigenvalue weighted by molar-refractivity contribution is -0.170. The number of ether oxygens (including phenoxy) is 2. The summed E-state index contributed by atoms with van der Waals surface area (Å²) in [4.78, 5) is 12.3. The topological polar surface area (TPSA) is 47.6 Å². The molecule has 4 nitrogen and oxygen atoms in total. The molecule has 0 saturated carbocycles. The first-order valence-electron chi connectivity index (χ1n) is 5.99. The molecule has 0 unspecified atom stereocenters. The van der Waals surface area contributed by atoms with E-state index in [2.05, 4.69) is 5.32 Å². The average molecular weight is 227 g/mol. The molecule has 0 aromatic heterocycles. The SMILES string of the molecule is CC(C)(C)OC(=O)[C@@]12CCCN[C@@H]1COC2. The number of hydrogen-bond acceptors (Lipinski definition) is 4. The number of fused-ring (bicyclic) bond motifs is 1. The van der Waals surface area contributed by atoms with Gasteiger partial charge in [-0.3, -0.25) is 4.79 Å². The Balaban J connectivity index is 2.13. The second kappa shape index (κ2) is 4.00. The van der Waals surface area contributed by atoms with Crippen LogP contribution in [0.3, 0.4) is 0 Å². The predicted molar refractivity (Wildman–Crippen MR) is 60.1 cm³/mol. The van der Waals surface area contributed by atoms with Crippen molar-refractivity contribution in [2.45, 2.75) is 45.3 Å². The maximum atomic E-state index is 12.3. The van der Waals surface area contributed by atoms with E-state index in [1.54, 1.807) is 0 Å². The van der Waals surface area contributed by atoms with Gasteiger partial charge < -0.3 is 14.8 Å². The normalized spacial score (nSPS) is 34.6. The Morgan fingerprint density at radius 1 is 1.50 bits per heavy atom. The summed E-state index contributed by atoms with van der Waals surface area (Å²) < 4.78 is 11.0. The van der Waals surface area contributed by atoms with Crippen molar-refractivity contribution >= 4 is 5.97 Å². The van der Waals surface area contributed by atoms with Crippen LogP contribution in [-0.2, 0) is 14.3 Å². The van der Waals surface area contributed by atoms with E-state index < -0.39 is 11.0 Å². The third-order valence-electron chi connectivity index (χ3n) is 3.31. The molecule has 2 atom stereocenters. The zero-order chi connectivity index (χ0) is 11.8. The minimum absolute atomic E-state index is 0.102. The van der Waals surface area contributed by atoms with Gasteiger partial charge in [0.05, 0.1) is 13.2 Å². The summed E-state index contributed by atoms with van der Waals surface area (Å²) in [5, 5.41) is 3.36. The van der Waals surface area contributed by atoms with E-state index in [1.165, 1.54) is 0 Å². The van der Waals surface area contributed by atoms with Crippen LogP contribution in [0.25, 0.3) is 0 Å². The number of carbonyl (C=O) groups excluding carboxylic acids is 1. The molecular weight excluding hydrogens is 206 g/mol. The summed E-state index contributed by atoms with van der Waals surface area (Å²) in [7, 11) is 0. The van der Waals surface area contributed by atoms with Crippen molar-refractivity contribution in [3.05, 3.63) is 0 Å². The van der Waals surface area contributed by atoms with E-state index in [0.29, 0.717) is 13.2 Å². The molecule has 0 amide bonds. The van der Waals surface area contributed by atoms with Gasteiger partial charge >= 0.3 is 5.97 Å².